The highest BCUT2D eigenvalue weighted by Gasteiger charge is 2.42. The summed E-state index contributed by atoms with van der Waals surface area (Å²) in [6.07, 6.45) is 2.55. The molecule has 0 bridgehead atoms. The fourth-order valence-corrected chi connectivity index (χ4v) is 5.35. The van der Waals surface area contributed by atoms with Gasteiger partial charge in [0.05, 0.1) is 19.8 Å². The van der Waals surface area contributed by atoms with E-state index in [1.807, 2.05) is 30.3 Å². The van der Waals surface area contributed by atoms with Gasteiger partial charge in [0.1, 0.15) is 11.6 Å². The highest BCUT2D eigenvalue weighted by atomic mass is 19.1. The van der Waals surface area contributed by atoms with Crippen molar-refractivity contribution in [1.82, 2.24) is 10.3 Å². The summed E-state index contributed by atoms with van der Waals surface area (Å²) in [5, 5.41) is 4.06. The van der Waals surface area contributed by atoms with Crippen LogP contribution < -0.4 is 10.1 Å². The second-order valence-electron chi connectivity index (χ2n) is 8.68. The Kier molecular flexibility index (Phi) is 5.48. The molecular formula is C27H25FN2O4. The summed E-state index contributed by atoms with van der Waals surface area (Å²) in [6.45, 7) is 1.79. The fraction of sp³-hybridized carbons (Fsp3) is 0.259. The number of aromatic nitrogens is 1. The summed E-state index contributed by atoms with van der Waals surface area (Å²) in [6, 6.07) is 12.3. The van der Waals surface area contributed by atoms with Gasteiger partial charge in [0.25, 0.3) is 0 Å². The smallest absolute Gasteiger partial charge is 0.336 e. The summed E-state index contributed by atoms with van der Waals surface area (Å²) < 4.78 is 25.3. The zero-order valence-electron chi connectivity index (χ0n) is 19.2. The quantitative estimate of drug-likeness (QED) is 0.544. The van der Waals surface area contributed by atoms with E-state index in [9.17, 15) is 14.0 Å². The number of nitrogens with one attached hydrogen (secondary N) is 2. The highest BCUT2D eigenvalue weighted by molar-refractivity contribution is 6.05. The van der Waals surface area contributed by atoms with Gasteiger partial charge in [-0.1, -0.05) is 18.2 Å². The molecule has 2 aromatic carbocycles. The van der Waals surface area contributed by atoms with Gasteiger partial charge in [0, 0.05) is 52.3 Å². The molecule has 0 amide bonds. The van der Waals surface area contributed by atoms with Crippen LogP contribution in [0.15, 0.2) is 71.2 Å². The Morgan fingerprint density at radius 3 is 2.65 bits per heavy atom. The lowest BCUT2D eigenvalue weighted by molar-refractivity contribution is -0.136. The number of ketones is 1. The first kappa shape index (κ1) is 21.9. The minimum absolute atomic E-state index is 0.0807. The summed E-state index contributed by atoms with van der Waals surface area (Å²) in [5.74, 6) is -1.15. The molecule has 0 spiro atoms. The van der Waals surface area contributed by atoms with E-state index in [0.29, 0.717) is 34.3 Å². The number of Topliss-reactive ketones (excluding diaryl/α,β-unsaturated/α-hetero) is 1. The van der Waals surface area contributed by atoms with E-state index in [2.05, 4.69) is 10.3 Å². The molecule has 2 aliphatic rings. The third kappa shape index (κ3) is 3.48. The van der Waals surface area contributed by atoms with Crippen molar-refractivity contribution in [3.63, 3.8) is 0 Å². The molecule has 174 valence electrons. The maximum Gasteiger partial charge on any atom is 0.336 e. The number of fused-ring (bicyclic) bond motifs is 1. The van der Waals surface area contributed by atoms with Crippen molar-refractivity contribution in [1.29, 1.82) is 0 Å². The Morgan fingerprint density at radius 2 is 1.88 bits per heavy atom. The molecule has 0 saturated carbocycles. The lowest BCUT2D eigenvalue weighted by Gasteiger charge is -2.37. The number of carbonyl (C=O) groups is 2. The predicted molar refractivity (Wildman–Crippen MR) is 126 cm³/mol. The maximum absolute atomic E-state index is 14.6. The lowest BCUT2D eigenvalue weighted by atomic mass is 9.71. The van der Waals surface area contributed by atoms with Crippen LogP contribution in [-0.2, 0) is 14.3 Å². The molecule has 0 radical (unpaired) electrons. The van der Waals surface area contributed by atoms with Crippen LogP contribution in [0, 0.1) is 5.82 Å². The van der Waals surface area contributed by atoms with Crippen molar-refractivity contribution in [3.8, 4) is 5.75 Å². The van der Waals surface area contributed by atoms with Crippen molar-refractivity contribution in [2.45, 2.75) is 31.6 Å². The Hall–Kier alpha value is -3.87. The highest BCUT2D eigenvalue weighted by Crippen LogP contribution is 2.48. The van der Waals surface area contributed by atoms with Gasteiger partial charge < -0.3 is 19.8 Å². The van der Waals surface area contributed by atoms with Crippen molar-refractivity contribution in [3.05, 3.63) is 88.1 Å². The Morgan fingerprint density at radius 1 is 1.09 bits per heavy atom. The Balaban J connectivity index is 1.69. The normalized spacial score (nSPS) is 20.3. The number of ether oxygens (including phenoxy) is 2. The maximum atomic E-state index is 14.6. The average molecular weight is 461 g/mol. The summed E-state index contributed by atoms with van der Waals surface area (Å²) >= 11 is 0. The van der Waals surface area contributed by atoms with Crippen molar-refractivity contribution >= 4 is 22.7 Å². The topological polar surface area (TPSA) is 80.4 Å². The van der Waals surface area contributed by atoms with Crippen LogP contribution in [0.2, 0.25) is 0 Å². The van der Waals surface area contributed by atoms with Crippen LogP contribution in [0.3, 0.4) is 0 Å². The van der Waals surface area contributed by atoms with E-state index in [4.69, 9.17) is 9.47 Å². The molecule has 3 aromatic rings. The molecule has 5 rings (SSSR count). The van der Waals surface area contributed by atoms with Crippen LogP contribution in [0.4, 0.5) is 4.39 Å². The average Bonchev–Trinajstić information content (AvgIpc) is 3.30. The molecule has 1 aliphatic heterocycles. The number of allylic oxidation sites excluding steroid dienone is 3. The van der Waals surface area contributed by atoms with Crippen molar-refractivity contribution < 1.29 is 23.5 Å². The standard InChI is InChI=1S/C27H25FN2O4/c1-14-24(27(32)34-3)25(19-12-16(28)13-20-18(19)8-9-29-20)26-21(30-14)10-15(11-22(26)31)17-6-4-5-7-23(17)33-2/h4-9,12-13,15,25,29-30H,10-11H2,1-3H3. The number of halogens is 1. The van der Waals surface area contributed by atoms with Crippen LogP contribution in [0.25, 0.3) is 10.9 Å². The number of methoxy groups -OCH3 is 2. The number of para-hydroxylation sites is 1. The first-order valence-corrected chi connectivity index (χ1v) is 11.1. The number of H-pyrrole nitrogens is 1. The molecule has 0 fully saturated rings. The summed E-state index contributed by atoms with van der Waals surface area (Å²) in [4.78, 5) is 29.6. The molecule has 7 heteroatoms. The molecule has 2 unspecified atom stereocenters. The summed E-state index contributed by atoms with van der Waals surface area (Å²) in [7, 11) is 2.92. The minimum Gasteiger partial charge on any atom is -0.496 e. The van der Waals surface area contributed by atoms with E-state index >= 15 is 0 Å². The van der Waals surface area contributed by atoms with E-state index in [1.165, 1.54) is 19.2 Å². The number of aromatic amines is 1. The van der Waals surface area contributed by atoms with Gasteiger partial charge in [-0.3, -0.25) is 4.79 Å². The SMILES string of the molecule is COC(=O)C1=C(C)NC2=C(C(=O)CC(c3ccccc3OC)C2)C1c1cc(F)cc2[nH]ccc12. The second-order valence-corrected chi connectivity index (χ2v) is 8.68. The Bertz CT molecular complexity index is 1380. The Labute approximate surface area is 196 Å². The molecule has 6 nitrogen and oxygen atoms in total. The number of carbonyl (C=O) groups excluding carboxylic acids is 2. The van der Waals surface area contributed by atoms with Crippen LogP contribution in [0.1, 0.15) is 42.7 Å². The predicted octanol–water partition coefficient (Wildman–Crippen LogP) is 4.85. The van der Waals surface area contributed by atoms with Gasteiger partial charge in [0.2, 0.25) is 0 Å². The first-order chi connectivity index (χ1) is 16.4. The molecule has 1 aromatic heterocycles. The summed E-state index contributed by atoms with van der Waals surface area (Å²) in [5.41, 5.74) is 4.28. The fourth-order valence-electron chi connectivity index (χ4n) is 5.35. The largest absolute Gasteiger partial charge is 0.496 e. The first-order valence-electron chi connectivity index (χ1n) is 11.1. The van der Waals surface area contributed by atoms with E-state index in [0.717, 1.165) is 22.4 Å². The number of esters is 1. The van der Waals surface area contributed by atoms with Crippen LogP contribution in [0.5, 0.6) is 5.75 Å². The number of hydrogen-bond donors (Lipinski definition) is 2. The lowest BCUT2D eigenvalue weighted by Crippen LogP contribution is -2.36. The molecule has 2 heterocycles. The monoisotopic (exact) mass is 460 g/mol. The second kappa shape index (κ2) is 8.48. The third-order valence-corrected chi connectivity index (χ3v) is 6.79. The van der Waals surface area contributed by atoms with Crippen molar-refractivity contribution in [2.75, 3.05) is 14.2 Å². The zero-order chi connectivity index (χ0) is 24.0. The van der Waals surface area contributed by atoms with Gasteiger partial charge in [0.15, 0.2) is 5.78 Å². The number of rotatable bonds is 4. The van der Waals surface area contributed by atoms with Crippen molar-refractivity contribution in [2.24, 2.45) is 0 Å². The van der Waals surface area contributed by atoms with Gasteiger partial charge in [-0.25, -0.2) is 9.18 Å². The minimum atomic E-state index is -0.733. The number of dihydropyridines is 1. The van der Waals surface area contributed by atoms with E-state index in [-0.39, 0.29) is 18.1 Å². The van der Waals surface area contributed by atoms with Crippen LogP contribution in [-0.4, -0.2) is 31.0 Å². The molecule has 0 saturated heterocycles. The number of hydrogen-bond acceptors (Lipinski definition) is 5. The molecule has 2 atom stereocenters. The molecular weight excluding hydrogens is 435 g/mol. The van der Waals surface area contributed by atoms with E-state index < -0.39 is 17.7 Å². The van der Waals surface area contributed by atoms with Gasteiger partial charge in [-0.05, 0) is 48.7 Å². The van der Waals surface area contributed by atoms with Gasteiger partial charge in [-0.2, -0.15) is 0 Å². The molecule has 2 N–H and O–H groups in total. The number of benzene rings is 2. The zero-order valence-corrected chi connectivity index (χ0v) is 19.2. The van der Waals surface area contributed by atoms with Gasteiger partial charge >= 0.3 is 5.97 Å². The molecule has 1 aliphatic carbocycles. The molecule has 34 heavy (non-hydrogen) atoms. The van der Waals surface area contributed by atoms with E-state index in [1.54, 1.807) is 20.2 Å². The third-order valence-electron chi connectivity index (χ3n) is 6.79. The van der Waals surface area contributed by atoms with Crippen LogP contribution >= 0.6 is 0 Å². The van der Waals surface area contributed by atoms with Gasteiger partial charge in [-0.15, -0.1) is 0 Å².